The number of nitriles is 1. The average Bonchev–Trinajstić information content (AvgIpc) is 3.10. The number of aromatic nitrogens is 1. The van der Waals surface area contributed by atoms with Crippen LogP contribution >= 0.6 is 0 Å². The fourth-order valence-electron chi connectivity index (χ4n) is 4.51. The van der Waals surface area contributed by atoms with Gasteiger partial charge in [0, 0.05) is 24.7 Å². The van der Waals surface area contributed by atoms with Crippen LogP contribution < -0.4 is 0 Å². The number of hydrogen-bond donors (Lipinski definition) is 0. The Morgan fingerprint density at radius 3 is 2.81 bits per heavy atom. The van der Waals surface area contributed by atoms with Gasteiger partial charge in [-0.15, -0.1) is 0 Å². The second-order valence-corrected chi connectivity index (χ2v) is 7.75. The third-order valence-electron chi connectivity index (χ3n) is 6.00. The molecule has 1 aromatic heterocycles. The minimum absolute atomic E-state index is 0.0722. The van der Waals surface area contributed by atoms with Crippen LogP contribution in [0.1, 0.15) is 56.8 Å². The molecule has 5 nitrogen and oxygen atoms in total. The van der Waals surface area contributed by atoms with Crippen molar-refractivity contribution >= 4 is 5.97 Å². The Balaban J connectivity index is 1.57. The normalized spacial score (nSPS) is 29.3. The molecule has 140 valence electrons. The summed E-state index contributed by atoms with van der Waals surface area (Å²) >= 11 is 0. The fourth-order valence-corrected chi connectivity index (χ4v) is 4.51. The maximum absolute atomic E-state index is 11.7. The van der Waals surface area contributed by atoms with Crippen molar-refractivity contribution in [2.24, 2.45) is 5.92 Å². The second kappa shape index (κ2) is 8.18. The highest BCUT2D eigenvalue weighted by molar-refractivity contribution is 5.69. The summed E-state index contributed by atoms with van der Waals surface area (Å²) in [7, 11) is 0. The van der Waals surface area contributed by atoms with Crippen molar-refractivity contribution in [2.45, 2.75) is 63.8 Å². The topological polar surface area (TPSA) is 66.2 Å². The lowest BCUT2D eigenvalue weighted by Gasteiger charge is -2.38. The highest BCUT2D eigenvalue weighted by atomic mass is 16.5. The first-order chi connectivity index (χ1) is 12.6. The lowest BCUT2D eigenvalue weighted by molar-refractivity contribution is -0.144. The third kappa shape index (κ3) is 4.07. The van der Waals surface area contributed by atoms with E-state index in [1.807, 2.05) is 32.0 Å². The zero-order valence-corrected chi connectivity index (χ0v) is 15.9. The Morgan fingerprint density at radius 1 is 1.38 bits per heavy atom. The Bertz CT molecular complexity index is 674. The number of aryl methyl sites for hydroxylation is 1. The molecule has 0 spiro atoms. The van der Waals surface area contributed by atoms with Gasteiger partial charge in [0.15, 0.2) is 0 Å². The summed E-state index contributed by atoms with van der Waals surface area (Å²) in [6.07, 6.45) is 5.38. The average molecular weight is 355 g/mol. The predicted molar refractivity (Wildman–Crippen MR) is 99.5 cm³/mol. The summed E-state index contributed by atoms with van der Waals surface area (Å²) in [6.45, 7) is 6.32. The van der Waals surface area contributed by atoms with Crippen molar-refractivity contribution in [2.75, 3.05) is 19.7 Å². The summed E-state index contributed by atoms with van der Waals surface area (Å²) in [5, 5.41) is 9.87. The van der Waals surface area contributed by atoms with Gasteiger partial charge in [0.25, 0.3) is 0 Å². The lowest BCUT2D eigenvalue weighted by Crippen LogP contribution is -2.41. The second-order valence-electron chi connectivity index (χ2n) is 7.75. The molecule has 3 rings (SSSR count). The summed E-state index contributed by atoms with van der Waals surface area (Å²) in [4.78, 5) is 18.9. The van der Waals surface area contributed by atoms with Crippen LogP contribution in [0.2, 0.25) is 0 Å². The van der Waals surface area contributed by atoms with Gasteiger partial charge in [0.05, 0.1) is 23.8 Å². The van der Waals surface area contributed by atoms with Gasteiger partial charge < -0.3 is 9.64 Å². The van der Waals surface area contributed by atoms with Gasteiger partial charge in [-0.2, -0.15) is 5.26 Å². The molecule has 2 aliphatic rings. The number of hydrogen-bond acceptors (Lipinski definition) is 5. The van der Waals surface area contributed by atoms with Crippen molar-refractivity contribution in [3.8, 4) is 6.07 Å². The SMILES string of the molecule is CCOC(=O)C[C@H]1CCN(C2CCC(C#N)(c3cccc(C)n3)CC2)C1. The van der Waals surface area contributed by atoms with Gasteiger partial charge in [0.1, 0.15) is 0 Å². The minimum Gasteiger partial charge on any atom is -0.466 e. The third-order valence-corrected chi connectivity index (χ3v) is 6.00. The van der Waals surface area contributed by atoms with Crippen molar-refractivity contribution in [1.82, 2.24) is 9.88 Å². The van der Waals surface area contributed by atoms with E-state index in [1.165, 1.54) is 0 Å². The number of carbonyl (C=O) groups is 1. The number of pyridine rings is 1. The van der Waals surface area contributed by atoms with E-state index in [4.69, 9.17) is 4.74 Å². The summed E-state index contributed by atoms with van der Waals surface area (Å²) in [5.41, 5.74) is 1.47. The number of carbonyl (C=O) groups excluding carboxylic acids is 1. The fraction of sp³-hybridized carbons (Fsp3) is 0.667. The smallest absolute Gasteiger partial charge is 0.306 e. The maximum atomic E-state index is 11.7. The zero-order valence-electron chi connectivity index (χ0n) is 15.9. The Kier molecular flexibility index (Phi) is 5.93. The summed E-state index contributed by atoms with van der Waals surface area (Å²) < 4.78 is 5.08. The lowest BCUT2D eigenvalue weighted by atomic mass is 9.71. The first kappa shape index (κ1) is 18.8. The van der Waals surface area contributed by atoms with E-state index in [0.717, 1.165) is 56.6 Å². The molecule has 1 saturated carbocycles. The minimum atomic E-state index is -0.438. The highest BCUT2D eigenvalue weighted by Gasteiger charge is 2.41. The highest BCUT2D eigenvalue weighted by Crippen LogP contribution is 2.40. The first-order valence-corrected chi connectivity index (χ1v) is 9.81. The predicted octanol–water partition coefficient (Wildman–Crippen LogP) is 3.37. The van der Waals surface area contributed by atoms with Crippen LogP contribution in [0.25, 0.3) is 0 Å². The molecule has 0 radical (unpaired) electrons. The van der Waals surface area contributed by atoms with Crippen LogP contribution in [0, 0.1) is 24.2 Å². The summed E-state index contributed by atoms with van der Waals surface area (Å²) in [6, 6.07) is 9.09. The van der Waals surface area contributed by atoms with E-state index >= 15 is 0 Å². The van der Waals surface area contributed by atoms with E-state index in [0.29, 0.717) is 25.0 Å². The molecule has 1 saturated heterocycles. The number of esters is 1. The number of likely N-dealkylation sites (tertiary alicyclic amines) is 1. The molecule has 1 aromatic rings. The van der Waals surface area contributed by atoms with Crippen LogP contribution in [-0.4, -0.2) is 41.6 Å². The molecule has 1 atom stereocenters. The van der Waals surface area contributed by atoms with Gasteiger partial charge in [-0.05, 0) is 70.5 Å². The quantitative estimate of drug-likeness (QED) is 0.758. The molecule has 0 aromatic carbocycles. The Labute approximate surface area is 156 Å². The maximum Gasteiger partial charge on any atom is 0.306 e. The largest absolute Gasteiger partial charge is 0.466 e. The Hall–Kier alpha value is -1.93. The van der Waals surface area contributed by atoms with Crippen molar-refractivity contribution in [3.63, 3.8) is 0 Å². The number of rotatable bonds is 5. The van der Waals surface area contributed by atoms with E-state index in [1.54, 1.807) is 0 Å². The molecule has 1 aliphatic heterocycles. The van der Waals surface area contributed by atoms with Crippen LogP contribution in [0.15, 0.2) is 18.2 Å². The molecule has 0 N–H and O–H groups in total. The molecular formula is C21H29N3O2. The van der Waals surface area contributed by atoms with Gasteiger partial charge in [-0.3, -0.25) is 9.78 Å². The van der Waals surface area contributed by atoms with Gasteiger partial charge in [-0.1, -0.05) is 6.07 Å². The molecule has 0 amide bonds. The monoisotopic (exact) mass is 355 g/mol. The molecule has 0 unspecified atom stereocenters. The molecule has 5 heteroatoms. The first-order valence-electron chi connectivity index (χ1n) is 9.81. The van der Waals surface area contributed by atoms with Gasteiger partial charge in [0.2, 0.25) is 0 Å². The van der Waals surface area contributed by atoms with Crippen molar-refractivity contribution in [1.29, 1.82) is 5.26 Å². The van der Waals surface area contributed by atoms with E-state index in [2.05, 4.69) is 16.0 Å². The molecule has 0 bridgehead atoms. The van der Waals surface area contributed by atoms with Crippen LogP contribution in [0.3, 0.4) is 0 Å². The van der Waals surface area contributed by atoms with Crippen molar-refractivity contribution in [3.05, 3.63) is 29.6 Å². The number of ether oxygens (including phenoxy) is 1. The molecule has 2 heterocycles. The van der Waals surface area contributed by atoms with E-state index in [9.17, 15) is 10.1 Å². The Morgan fingerprint density at radius 2 is 2.15 bits per heavy atom. The van der Waals surface area contributed by atoms with Gasteiger partial charge in [-0.25, -0.2) is 0 Å². The van der Waals surface area contributed by atoms with E-state index < -0.39 is 5.41 Å². The molecule has 26 heavy (non-hydrogen) atoms. The molecule has 1 aliphatic carbocycles. The zero-order chi connectivity index (χ0) is 18.6. The van der Waals surface area contributed by atoms with Gasteiger partial charge >= 0.3 is 5.97 Å². The van der Waals surface area contributed by atoms with Crippen LogP contribution in [0.5, 0.6) is 0 Å². The number of nitrogens with zero attached hydrogens (tertiary/aromatic N) is 3. The van der Waals surface area contributed by atoms with E-state index in [-0.39, 0.29) is 5.97 Å². The molecular weight excluding hydrogens is 326 g/mol. The van der Waals surface area contributed by atoms with Crippen LogP contribution in [0.4, 0.5) is 0 Å². The van der Waals surface area contributed by atoms with Crippen molar-refractivity contribution < 1.29 is 9.53 Å². The standard InChI is InChI=1S/C21H29N3O2/c1-3-26-20(25)13-17-9-12-24(14-17)18-7-10-21(15-22,11-8-18)19-6-4-5-16(2)23-19/h4-6,17-18H,3,7-14H2,1-2H3/t17-,18?,21?/m1/s1. The summed E-state index contributed by atoms with van der Waals surface area (Å²) in [5.74, 6) is 0.340. The van der Waals surface area contributed by atoms with Crippen LogP contribution in [-0.2, 0) is 14.9 Å². The molecule has 2 fully saturated rings.